The summed E-state index contributed by atoms with van der Waals surface area (Å²) in [4.78, 5) is 14.0. The molecule has 5 rings (SSSR count). The van der Waals surface area contributed by atoms with Crippen LogP contribution in [0.5, 0.6) is 0 Å². The Labute approximate surface area is 195 Å². The molecule has 0 bridgehead atoms. The van der Waals surface area contributed by atoms with Gasteiger partial charge in [-0.2, -0.15) is 26.3 Å². The molecule has 0 spiro atoms. The quantitative estimate of drug-likeness (QED) is 0.265. The molecule has 0 unspecified atom stereocenters. The average Bonchev–Trinajstić information content (AvgIpc) is 3.34. The van der Waals surface area contributed by atoms with Crippen LogP contribution in [0.1, 0.15) is 22.5 Å². The summed E-state index contributed by atoms with van der Waals surface area (Å²) in [5, 5.41) is 0. The summed E-state index contributed by atoms with van der Waals surface area (Å²) in [7, 11) is 0. The molecule has 2 heterocycles. The lowest BCUT2D eigenvalue weighted by Crippen LogP contribution is -2.54. The zero-order valence-corrected chi connectivity index (χ0v) is 18.4. The van der Waals surface area contributed by atoms with Crippen LogP contribution in [0.2, 0.25) is 0 Å². The summed E-state index contributed by atoms with van der Waals surface area (Å²) < 4.78 is 87.5. The van der Waals surface area contributed by atoms with Gasteiger partial charge in [0, 0.05) is 5.56 Å². The Bertz CT molecular complexity index is 1540. The lowest BCUT2D eigenvalue weighted by Gasteiger charge is -2.38. The third-order valence-electron chi connectivity index (χ3n) is 6.09. The minimum atomic E-state index is -5.69. The highest BCUT2D eigenvalue weighted by Crippen LogP contribution is 2.56. The van der Waals surface area contributed by atoms with Gasteiger partial charge in [0.2, 0.25) is 5.41 Å². The van der Waals surface area contributed by atoms with Crippen molar-refractivity contribution in [1.29, 1.82) is 0 Å². The number of hydrogen-bond donors (Lipinski definition) is 2. The number of aryl methyl sites for hydroxylation is 2. The number of benzene rings is 3. The van der Waals surface area contributed by atoms with Crippen molar-refractivity contribution in [2.24, 2.45) is 0 Å². The van der Waals surface area contributed by atoms with Crippen molar-refractivity contribution in [2.75, 3.05) is 0 Å². The Morgan fingerprint density at radius 1 is 0.657 bits per heavy atom. The zero-order chi connectivity index (χ0) is 25.2. The van der Waals surface area contributed by atoms with Crippen LogP contribution in [-0.2, 0) is 5.41 Å². The van der Waals surface area contributed by atoms with Crippen molar-refractivity contribution in [1.82, 2.24) is 19.9 Å². The van der Waals surface area contributed by atoms with Crippen LogP contribution in [0.25, 0.3) is 33.5 Å². The molecule has 0 saturated heterocycles. The number of hydrogen-bond acceptors (Lipinski definition) is 2. The van der Waals surface area contributed by atoms with Crippen molar-refractivity contribution >= 4 is 22.1 Å². The molecule has 10 heteroatoms. The number of aromatic nitrogens is 4. The van der Waals surface area contributed by atoms with Gasteiger partial charge in [-0.3, -0.25) is 0 Å². The summed E-state index contributed by atoms with van der Waals surface area (Å²) in [6.45, 7) is 3.43. The summed E-state index contributed by atoms with van der Waals surface area (Å²) in [6.07, 6.45) is -11.4. The number of aromatic amines is 2. The highest BCUT2D eigenvalue weighted by atomic mass is 19.4. The van der Waals surface area contributed by atoms with Crippen LogP contribution in [0.4, 0.5) is 26.3 Å². The summed E-state index contributed by atoms with van der Waals surface area (Å²) in [5.41, 5.74) is -3.90. The average molecular weight is 488 g/mol. The lowest BCUT2D eigenvalue weighted by molar-refractivity contribution is -0.288. The molecule has 0 aliphatic heterocycles. The number of rotatable bonds is 3. The maximum absolute atomic E-state index is 14.6. The van der Waals surface area contributed by atoms with Crippen LogP contribution >= 0.6 is 0 Å². The van der Waals surface area contributed by atoms with Crippen molar-refractivity contribution < 1.29 is 26.3 Å². The maximum Gasteiger partial charge on any atom is 0.411 e. The number of imidazole rings is 2. The smallest absolute Gasteiger partial charge is 0.342 e. The Morgan fingerprint density at radius 3 is 1.80 bits per heavy atom. The standard InChI is InChI=1S/C25H18F6N4/c1-13-4-3-5-15(10-13)22-34-19-9-7-17(12-21(19)35-22)23(24(26,27)28,25(29,30)31)16-6-8-18-20(11-16)33-14(2)32-18/h3-12H,1-2H3,(H,32,33)(H,34,35). The van der Waals surface area contributed by atoms with Crippen LogP contribution in [-0.4, -0.2) is 32.3 Å². The van der Waals surface area contributed by atoms with E-state index >= 15 is 0 Å². The molecular weight excluding hydrogens is 470 g/mol. The number of alkyl halides is 6. The van der Waals surface area contributed by atoms with Gasteiger partial charge in [0.05, 0.1) is 22.1 Å². The van der Waals surface area contributed by atoms with Crippen LogP contribution in [0, 0.1) is 13.8 Å². The second-order valence-corrected chi connectivity index (χ2v) is 8.49. The maximum atomic E-state index is 14.6. The molecule has 180 valence electrons. The molecule has 2 N–H and O–H groups in total. The van der Waals surface area contributed by atoms with Gasteiger partial charge in [0.1, 0.15) is 11.6 Å². The fourth-order valence-corrected chi connectivity index (χ4v) is 4.52. The van der Waals surface area contributed by atoms with Crippen molar-refractivity contribution in [3.8, 4) is 11.4 Å². The topological polar surface area (TPSA) is 57.4 Å². The molecule has 0 amide bonds. The number of halogens is 6. The number of nitrogens with one attached hydrogen (secondary N) is 2. The van der Waals surface area contributed by atoms with Gasteiger partial charge in [-0.1, -0.05) is 35.9 Å². The minimum Gasteiger partial charge on any atom is -0.342 e. The van der Waals surface area contributed by atoms with Gasteiger partial charge in [-0.15, -0.1) is 0 Å². The third kappa shape index (κ3) is 3.55. The first-order valence-electron chi connectivity index (χ1n) is 10.6. The number of nitrogens with zero attached hydrogens (tertiary/aromatic N) is 2. The van der Waals surface area contributed by atoms with E-state index < -0.39 is 28.9 Å². The van der Waals surface area contributed by atoms with Gasteiger partial charge in [-0.05, 0) is 55.3 Å². The first-order chi connectivity index (χ1) is 16.4. The molecule has 0 aliphatic carbocycles. The SMILES string of the molecule is Cc1cccc(-c2nc3ccc(C(c4ccc5nc(C)[nH]c5c4)(C(F)(F)F)C(F)(F)F)cc3[nH]2)c1. The van der Waals surface area contributed by atoms with Gasteiger partial charge in [0.25, 0.3) is 0 Å². The molecule has 0 radical (unpaired) electrons. The molecule has 0 fully saturated rings. The minimum absolute atomic E-state index is 0.0651. The van der Waals surface area contributed by atoms with Crippen molar-refractivity contribution in [3.05, 3.63) is 83.2 Å². The fraction of sp³-hybridized carbons (Fsp3) is 0.200. The molecule has 5 aromatic rings. The van der Waals surface area contributed by atoms with Crippen LogP contribution in [0.3, 0.4) is 0 Å². The molecule has 0 aliphatic rings. The van der Waals surface area contributed by atoms with Gasteiger partial charge in [-0.25, -0.2) is 9.97 Å². The lowest BCUT2D eigenvalue weighted by atomic mass is 9.72. The van der Waals surface area contributed by atoms with E-state index in [1.807, 2.05) is 19.1 Å². The van der Waals surface area contributed by atoms with E-state index in [0.29, 0.717) is 17.2 Å². The van der Waals surface area contributed by atoms with Gasteiger partial charge in [0.15, 0.2) is 0 Å². The Kier molecular flexibility index (Phi) is 4.98. The second-order valence-electron chi connectivity index (χ2n) is 8.49. The van der Waals surface area contributed by atoms with E-state index in [-0.39, 0.29) is 22.1 Å². The predicted octanol–water partition coefficient (Wildman–Crippen LogP) is 7.13. The summed E-state index contributed by atoms with van der Waals surface area (Å²) >= 11 is 0. The highest BCUT2D eigenvalue weighted by molar-refractivity contribution is 5.81. The summed E-state index contributed by atoms with van der Waals surface area (Å²) in [5.74, 6) is 0.726. The second kappa shape index (κ2) is 7.59. The fourth-order valence-electron chi connectivity index (χ4n) is 4.52. The number of H-pyrrole nitrogens is 2. The van der Waals surface area contributed by atoms with E-state index in [9.17, 15) is 26.3 Å². The predicted molar refractivity (Wildman–Crippen MR) is 120 cm³/mol. The monoisotopic (exact) mass is 488 g/mol. The molecule has 0 saturated carbocycles. The Morgan fingerprint density at radius 2 is 1.23 bits per heavy atom. The Balaban J connectivity index is 1.76. The molecule has 3 aromatic carbocycles. The summed E-state index contributed by atoms with van der Waals surface area (Å²) in [6, 6.07) is 13.0. The van der Waals surface area contributed by atoms with E-state index in [4.69, 9.17) is 0 Å². The molecule has 4 nitrogen and oxygen atoms in total. The van der Waals surface area contributed by atoms with E-state index in [0.717, 1.165) is 35.9 Å². The van der Waals surface area contributed by atoms with E-state index in [1.165, 1.54) is 6.07 Å². The van der Waals surface area contributed by atoms with Gasteiger partial charge >= 0.3 is 12.4 Å². The zero-order valence-electron chi connectivity index (χ0n) is 18.4. The first kappa shape index (κ1) is 22.9. The van der Waals surface area contributed by atoms with Crippen molar-refractivity contribution in [2.45, 2.75) is 31.6 Å². The first-order valence-corrected chi connectivity index (χ1v) is 10.6. The van der Waals surface area contributed by atoms with Crippen LogP contribution < -0.4 is 0 Å². The normalized spacial score (nSPS) is 13.1. The molecule has 35 heavy (non-hydrogen) atoms. The van der Waals surface area contributed by atoms with Crippen molar-refractivity contribution in [3.63, 3.8) is 0 Å². The molecule has 0 atom stereocenters. The molecular formula is C25H18F6N4. The highest BCUT2D eigenvalue weighted by Gasteiger charge is 2.72. The third-order valence-corrected chi connectivity index (χ3v) is 6.09. The molecule has 2 aromatic heterocycles. The van der Waals surface area contributed by atoms with Gasteiger partial charge < -0.3 is 9.97 Å². The number of fused-ring (bicyclic) bond motifs is 2. The van der Waals surface area contributed by atoms with E-state index in [1.54, 1.807) is 19.1 Å². The Hall–Kier alpha value is -3.82. The van der Waals surface area contributed by atoms with Crippen LogP contribution in [0.15, 0.2) is 60.7 Å². The van der Waals surface area contributed by atoms with E-state index in [2.05, 4.69) is 19.9 Å². The largest absolute Gasteiger partial charge is 0.411 e.